The van der Waals surface area contributed by atoms with Crippen LogP contribution in [0.5, 0.6) is 0 Å². The van der Waals surface area contributed by atoms with Gasteiger partial charge >= 0.3 is 0 Å². The number of aromatic amines is 1. The summed E-state index contributed by atoms with van der Waals surface area (Å²) in [5.41, 5.74) is 1.31. The summed E-state index contributed by atoms with van der Waals surface area (Å²) in [6.07, 6.45) is 4.59. The van der Waals surface area contributed by atoms with Gasteiger partial charge in [-0.3, -0.25) is 19.3 Å². The van der Waals surface area contributed by atoms with E-state index in [4.69, 9.17) is 12.2 Å². The lowest BCUT2D eigenvalue weighted by Gasteiger charge is -2.36. The van der Waals surface area contributed by atoms with Crippen molar-refractivity contribution in [3.63, 3.8) is 0 Å². The molecule has 0 radical (unpaired) electrons. The van der Waals surface area contributed by atoms with Gasteiger partial charge < -0.3 is 10.6 Å². The summed E-state index contributed by atoms with van der Waals surface area (Å²) in [6.45, 7) is 4.88. The highest BCUT2D eigenvalue weighted by Gasteiger charge is 2.40. The maximum Gasteiger partial charge on any atom is 0.245 e. The van der Waals surface area contributed by atoms with Crippen LogP contribution in [-0.4, -0.2) is 38.7 Å². The predicted octanol–water partition coefficient (Wildman–Crippen LogP) is 3.26. The normalized spacial score (nSPS) is 15.7. The van der Waals surface area contributed by atoms with E-state index in [1.165, 1.54) is 0 Å². The number of aromatic nitrogens is 3. The fourth-order valence-electron chi connectivity index (χ4n) is 3.88. The number of amides is 2. The Labute approximate surface area is 176 Å². The molecule has 0 atom stereocenters. The zero-order chi connectivity index (χ0) is 20.9. The minimum absolute atomic E-state index is 0.0756. The van der Waals surface area contributed by atoms with Crippen molar-refractivity contribution in [1.82, 2.24) is 25.4 Å². The number of H-pyrrole nitrogens is 1. The third-order valence-corrected chi connectivity index (χ3v) is 5.80. The summed E-state index contributed by atoms with van der Waals surface area (Å²) in [6, 6.07) is 8.01. The zero-order valence-corrected chi connectivity index (χ0v) is 17.9. The molecule has 0 aliphatic heterocycles. The van der Waals surface area contributed by atoms with Gasteiger partial charge in [-0.05, 0) is 38.9 Å². The van der Waals surface area contributed by atoms with E-state index >= 15 is 0 Å². The van der Waals surface area contributed by atoms with Gasteiger partial charge in [-0.15, -0.1) is 0 Å². The van der Waals surface area contributed by atoms with Crippen LogP contribution in [0.25, 0.3) is 11.4 Å². The van der Waals surface area contributed by atoms with Crippen LogP contribution >= 0.6 is 12.2 Å². The first-order valence-electron chi connectivity index (χ1n) is 10.3. The van der Waals surface area contributed by atoms with Gasteiger partial charge in [-0.2, -0.15) is 5.10 Å². The molecule has 2 aromatic rings. The van der Waals surface area contributed by atoms with Crippen molar-refractivity contribution >= 4 is 24.0 Å². The van der Waals surface area contributed by atoms with Crippen LogP contribution in [0.2, 0.25) is 0 Å². The Morgan fingerprint density at radius 3 is 2.55 bits per heavy atom. The predicted molar refractivity (Wildman–Crippen MR) is 115 cm³/mol. The summed E-state index contributed by atoms with van der Waals surface area (Å²) >= 11 is 5.36. The number of nitrogens with zero attached hydrogens (tertiary/aromatic N) is 2. The number of aryl methyl sites for hydroxylation is 1. The first-order valence-corrected chi connectivity index (χ1v) is 10.7. The first-order chi connectivity index (χ1) is 13.9. The summed E-state index contributed by atoms with van der Waals surface area (Å²) in [5, 5.41) is 13.1. The van der Waals surface area contributed by atoms with Crippen molar-refractivity contribution in [3.8, 4) is 11.4 Å². The molecule has 1 aromatic heterocycles. The van der Waals surface area contributed by atoms with E-state index in [1.807, 2.05) is 42.7 Å². The van der Waals surface area contributed by atoms with E-state index in [-0.39, 0.29) is 18.2 Å². The number of carbonyl (C=O) groups is 2. The van der Waals surface area contributed by atoms with Crippen molar-refractivity contribution in [1.29, 1.82) is 0 Å². The molecule has 29 heavy (non-hydrogen) atoms. The van der Waals surface area contributed by atoms with Crippen molar-refractivity contribution in [3.05, 3.63) is 34.6 Å². The van der Waals surface area contributed by atoms with Gasteiger partial charge in [-0.1, -0.05) is 49.1 Å². The lowest BCUT2D eigenvalue weighted by atomic mass is 9.80. The molecule has 0 unspecified atom stereocenters. The van der Waals surface area contributed by atoms with Gasteiger partial charge in [0.1, 0.15) is 5.54 Å². The van der Waals surface area contributed by atoms with Crippen molar-refractivity contribution in [2.24, 2.45) is 0 Å². The molecule has 1 saturated carbocycles. The van der Waals surface area contributed by atoms with E-state index in [2.05, 4.69) is 20.8 Å². The van der Waals surface area contributed by atoms with Gasteiger partial charge in [-0.25, -0.2) is 0 Å². The molecule has 3 rings (SSSR count). The smallest absolute Gasteiger partial charge is 0.245 e. The fraction of sp³-hybridized carbons (Fsp3) is 0.524. The fourth-order valence-corrected chi connectivity index (χ4v) is 4.11. The molecule has 0 spiro atoms. The monoisotopic (exact) mass is 415 g/mol. The Morgan fingerprint density at radius 2 is 1.90 bits per heavy atom. The largest absolute Gasteiger partial charge is 0.354 e. The molecule has 1 aromatic carbocycles. The SMILES string of the molecule is CCNC(=O)C1(NC(=O)CCn2c(-c3ccc(C)cc3)n[nH]c2=S)CCCCC1. The number of carbonyl (C=O) groups excluding carboxylic acids is 2. The van der Waals surface area contributed by atoms with Crippen LogP contribution in [0.1, 0.15) is 51.0 Å². The van der Waals surface area contributed by atoms with Crippen molar-refractivity contribution < 1.29 is 9.59 Å². The van der Waals surface area contributed by atoms with Crippen LogP contribution in [-0.2, 0) is 16.1 Å². The second kappa shape index (κ2) is 9.35. The van der Waals surface area contributed by atoms with Crippen LogP contribution in [0.3, 0.4) is 0 Å². The summed E-state index contributed by atoms with van der Waals surface area (Å²) in [4.78, 5) is 25.4. The molecule has 8 heteroatoms. The molecule has 1 fully saturated rings. The van der Waals surface area contributed by atoms with Crippen molar-refractivity contribution in [2.75, 3.05) is 6.54 Å². The average Bonchev–Trinajstić information content (AvgIpc) is 3.08. The van der Waals surface area contributed by atoms with Crippen LogP contribution in [0.15, 0.2) is 24.3 Å². The summed E-state index contributed by atoms with van der Waals surface area (Å²) in [5.74, 6) is 0.489. The van der Waals surface area contributed by atoms with Crippen LogP contribution < -0.4 is 10.6 Å². The first kappa shape index (κ1) is 21.2. The molecule has 1 aliphatic carbocycles. The van der Waals surface area contributed by atoms with Crippen LogP contribution in [0.4, 0.5) is 0 Å². The average molecular weight is 416 g/mol. The molecule has 2 amide bonds. The van der Waals surface area contributed by atoms with Gasteiger partial charge in [0.25, 0.3) is 0 Å². The Balaban J connectivity index is 1.70. The standard InChI is InChI=1S/C21H29N5O2S/c1-3-22-19(28)21(12-5-4-6-13-21)23-17(27)11-14-26-18(24-25-20(26)29)16-9-7-15(2)8-10-16/h7-10H,3-6,11-14H2,1-2H3,(H,22,28)(H,23,27)(H,25,29). The molecule has 1 heterocycles. The maximum absolute atomic E-state index is 12.8. The van der Waals surface area contributed by atoms with Gasteiger partial charge in [0.2, 0.25) is 11.8 Å². The lowest BCUT2D eigenvalue weighted by Crippen LogP contribution is -2.59. The van der Waals surface area contributed by atoms with Gasteiger partial charge in [0, 0.05) is 25.1 Å². The molecule has 7 nitrogen and oxygen atoms in total. The molecular formula is C21H29N5O2S. The van der Waals surface area contributed by atoms with E-state index in [1.54, 1.807) is 0 Å². The van der Waals surface area contributed by atoms with Crippen molar-refractivity contribution in [2.45, 2.75) is 64.5 Å². The minimum atomic E-state index is -0.789. The van der Waals surface area contributed by atoms with E-state index in [9.17, 15) is 9.59 Å². The Morgan fingerprint density at radius 1 is 1.21 bits per heavy atom. The Bertz CT molecular complexity index is 910. The molecule has 0 saturated heterocycles. The minimum Gasteiger partial charge on any atom is -0.354 e. The molecule has 0 bridgehead atoms. The highest BCUT2D eigenvalue weighted by molar-refractivity contribution is 7.71. The Kier molecular flexibility index (Phi) is 6.84. The molecule has 3 N–H and O–H groups in total. The number of rotatable bonds is 7. The second-order valence-corrected chi connectivity index (χ2v) is 8.06. The third-order valence-electron chi connectivity index (χ3n) is 5.49. The van der Waals surface area contributed by atoms with E-state index in [0.717, 1.165) is 30.4 Å². The number of benzene rings is 1. The van der Waals surface area contributed by atoms with E-state index in [0.29, 0.717) is 36.5 Å². The highest BCUT2D eigenvalue weighted by Crippen LogP contribution is 2.28. The summed E-state index contributed by atoms with van der Waals surface area (Å²) in [7, 11) is 0. The van der Waals surface area contributed by atoms with Gasteiger partial charge in [0.15, 0.2) is 10.6 Å². The molecule has 1 aliphatic rings. The van der Waals surface area contributed by atoms with Gasteiger partial charge in [0.05, 0.1) is 0 Å². The second-order valence-electron chi connectivity index (χ2n) is 7.67. The molecular weight excluding hydrogens is 386 g/mol. The number of hydrogen-bond acceptors (Lipinski definition) is 4. The number of likely N-dealkylation sites (N-methyl/N-ethyl adjacent to an activating group) is 1. The molecule has 156 valence electrons. The van der Waals surface area contributed by atoms with Crippen LogP contribution in [0, 0.1) is 11.7 Å². The summed E-state index contributed by atoms with van der Waals surface area (Å²) < 4.78 is 2.31. The number of nitrogens with one attached hydrogen (secondary N) is 3. The Hall–Kier alpha value is -2.48. The lowest BCUT2D eigenvalue weighted by molar-refractivity contribution is -0.135. The maximum atomic E-state index is 12.8. The number of hydrogen-bond donors (Lipinski definition) is 3. The highest BCUT2D eigenvalue weighted by atomic mass is 32.1. The van der Waals surface area contributed by atoms with E-state index < -0.39 is 5.54 Å². The zero-order valence-electron chi connectivity index (χ0n) is 17.1. The topological polar surface area (TPSA) is 91.8 Å². The quantitative estimate of drug-likeness (QED) is 0.605. The third kappa shape index (κ3) is 4.93.